The molecule has 0 spiro atoms. The van der Waals surface area contributed by atoms with Gasteiger partial charge in [-0.3, -0.25) is 4.18 Å². The number of aliphatic hydroxyl groups excluding tert-OH is 1. The molecule has 2 rings (SSSR count). The molecule has 0 aliphatic carbocycles. The molecule has 2 atom stereocenters. The first kappa shape index (κ1) is 13.5. The van der Waals surface area contributed by atoms with Crippen LogP contribution in [-0.4, -0.2) is 38.8 Å². The van der Waals surface area contributed by atoms with Crippen LogP contribution in [0.3, 0.4) is 0 Å². The van der Waals surface area contributed by atoms with Crippen molar-refractivity contribution < 1.29 is 17.7 Å². The van der Waals surface area contributed by atoms with E-state index in [4.69, 9.17) is 9.29 Å². The first-order valence-electron chi connectivity index (χ1n) is 5.85. The Labute approximate surface area is 107 Å². The van der Waals surface area contributed by atoms with E-state index in [-0.39, 0.29) is 17.5 Å². The average molecular weight is 271 g/mol. The van der Waals surface area contributed by atoms with E-state index in [0.29, 0.717) is 13.0 Å². The lowest BCUT2D eigenvalue weighted by atomic mass is 10.2. The van der Waals surface area contributed by atoms with Gasteiger partial charge in [0.2, 0.25) is 0 Å². The molecule has 0 bridgehead atoms. The first-order valence-corrected chi connectivity index (χ1v) is 7.26. The molecule has 0 unspecified atom stereocenters. The van der Waals surface area contributed by atoms with E-state index >= 15 is 0 Å². The van der Waals surface area contributed by atoms with E-state index in [1.165, 1.54) is 12.1 Å². The van der Waals surface area contributed by atoms with Crippen molar-refractivity contribution in [2.75, 3.05) is 13.2 Å². The van der Waals surface area contributed by atoms with Crippen molar-refractivity contribution in [2.45, 2.75) is 30.4 Å². The average Bonchev–Trinajstić information content (AvgIpc) is 2.76. The van der Waals surface area contributed by atoms with E-state index in [9.17, 15) is 8.42 Å². The molecule has 2 N–H and O–H groups in total. The van der Waals surface area contributed by atoms with Crippen molar-refractivity contribution in [3.8, 4) is 0 Å². The minimum Gasteiger partial charge on any atom is -0.395 e. The number of aryl methyl sites for hydroxylation is 1. The second-order valence-electron chi connectivity index (χ2n) is 4.51. The molecule has 1 fully saturated rings. The highest BCUT2D eigenvalue weighted by atomic mass is 32.2. The third-order valence-electron chi connectivity index (χ3n) is 2.97. The van der Waals surface area contributed by atoms with Crippen LogP contribution in [0.1, 0.15) is 12.0 Å². The molecule has 1 heterocycles. The van der Waals surface area contributed by atoms with Gasteiger partial charge >= 0.3 is 0 Å². The molecular weight excluding hydrogens is 254 g/mol. The van der Waals surface area contributed by atoms with Gasteiger partial charge in [-0.2, -0.15) is 8.42 Å². The molecule has 1 saturated heterocycles. The minimum absolute atomic E-state index is 0.00948. The van der Waals surface area contributed by atoms with Crippen molar-refractivity contribution in [1.82, 2.24) is 5.32 Å². The van der Waals surface area contributed by atoms with Crippen LogP contribution >= 0.6 is 0 Å². The van der Waals surface area contributed by atoms with Crippen LogP contribution in [0.4, 0.5) is 0 Å². The maximum atomic E-state index is 12.0. The Balaban J connectivity index is 2.06. The summed E-state index contributed by atoms with van der Waals surface area (Å²) in [4.78, 5) is 0.167. The topological polar surface area (TPSA) is 75.6 Å². The lowest BCUT2D eigenvalue weighted by molar-refractivity contribution is 0.212. The van der Waals surface area contributed by atoms with Crippen molar-refractivity contribution >= 4 is 10.1 Å². The van der Waals surface area contributed by atoms with E-state index in [0.717, 1.165) is 5.56 Å². The quantitative estimate of drug-likeness (QED) is 0.776. The smallest absolute Gasteiger partial charge is 0.297 e. The van der Waals surface area contributed by atoms with Crippen LogP contribution < -0.4 is 5.32 Å². The van der Waals surface area contributed by atoms with Gasteiger partial charge in [0.15, 0.2) is 0 Å². The second-order valence-corrected chi connectivity index (χ2v) is 6.08. The Morgan fingerprint density at radius 1 is 1.39 bits per heavy atom. The van der Waals surface area contributed by atoms with Gasteiger partial charge in [0, 0.05) is 12.6 Å². The zero-order chi connectivity index (χ0) is 13.2. The molecule has 1 aliphatic heterocycles. The summed E-state index contributed by atoms with van der Waals surface area (Å²) >= 11 is 0. The van der Waals surface area contributed by atoms with Gasteiger partial charge in [-0.1, -0.05) is 17.7 Å². The van der Waals surface area contributed by atoms with E-state index in [1.807, 2.05) is 6.92 Å². The van der Waals surface area contributed by atoms with Crippen LogP contribution in [-0.2, 0) is 14.3 Å². The van der Waals surface area contributed by atoms with Crippen LogP contribution in [0.2, 0.25) is 0 Å². The van der Waals surface area contributed by atoms with Gasteiger partial charge in [0.05, 0.1) is 17.6 Å². The van der Waals surface area contributed by atoms with E-state index in [1.54, 1.807) is 12.1 Å². The predicted molar refractivity (Wildman–Crippen MR) is 66.7 cm³/mol. The summed E-state index contributed by atoms with van der Waals surface area (Å²) in [7, 11) is -3.71. The van der Waals surface area contributed by atoms with E-state index in [2.05, 4.69) is 5.32 Å². The fraction of sp³-hybridized carbons (Fsp3) is 0.500. The van der Waals surface area contributed by atoms with Crippen molar-refractivity contribution in [3.63, 3.8) is 0 Å². The Morgan fingerprint density at radius 3 is 2.61 bits per heavy atom. The number of nitrogens with one attached hydrogen (secondary N) is 1. The van der Waals surface area contributed by atoms with Crippen LogP contribution in [0.15, 0.2) is 29.2 Å². The number of hydrogen-bond donors (Lipinski definition) is 2. The largest absolute Gasteiger partial charge is 0.395 e. The molecule has 18 heavy (non-hydrogen) atoms. The monoisotopic (exact) mass is 271 g/mol. The Bertz CT molecular complexity index is 497. The van der Waals surface area contributed by atoms with Crippen LogP contribution in [0.5, 0.6) is 0 Å². The Hall–Kier alpha value is -0.950. The standard InChI is InChI=1S/C12H17NO4S/c1-9-2-4-12(5-3-9)18(15,16)17-11-6-10(8-14)13-7-11/h2-5,10-11,13-14H,6-8H2,1H3/t10-,11+/m0/s1. The van der Waals surface area contributed by atoms with Gasteiger partial charge in [0.1, 0.15) is 0 Å². The summed E-state index contributed by atoms with van der Waals surface area (Å²) in [6.07, 6.45) is 0.0927. The highest BCUT2D eigenvalue weighted by molar-refractivity contribution is 7.86. The zero-order valence-electron chi connectivity index (χ0n) is 10.2. The van der Waals surface area contributed by atoms with Crippen LogP contribution in [0, 0.1) is 6.92 Å². The first-order chi connectivity index (χ1) is 8.51. The van der Waals surface area contributed by atoms with Gasteiger partial charge in [-0.15, -0.1) is 0 Å². The summed E-state index contributed by atoms with van der Waals surface area (Å²) in [5.74, 6) is 0. The normalized spacial score (nSPS) is 24.3. The Morgan fingerprint density at radius 2 is 2.06 bits per heavy atom. The highest BCUT2D eigenvalue weighted by Crippen LogP contribution is 2.19. The SMILES string of the molecule is Cc1ccc(S(=O)(=O)O[C@H]2CN[C@H](CO)C2)cc1. The summed E-state index contributed by atoms with van der Waals surface area (Å²) in [6, 6.07) is 6.47. The van der Waals surface area contributed by atoms with Gasteiger partial charge in [-0.05, 0) is 25.5 Å². The van der Waals surface area contributed by atoms with Gasteiger partial charge in [0.25, 0.3) is 10.1 Å². The lowest BCUT2D eigenvalue weighted by Gasteiger charge is -2.11. The third kappa shape index (κ3) is 3.08. The van der Waals surface area contributed by atoms with Gasteiger partial charge < -0.3 is 10.4 Å². The molecule has 1 aromatic rings. The van der Waals surface area contributed by atoms with Gasteiger partial charge in [-0.25, -0.2) is 0 Å². The second kappa shape index (κ2) is 5.36. The zero-order valence-corrected chi connectivity index (χ0v) is 11.0. The maximum Gasteiger partial charge on any atom is 0.297 e. The fourth-order valence-electron chi connectivity index (χ4n) is 1.93. The molecule has 0 aromatic heterocycles. The fourth-order valence-corrected chi connectivity index (χ4v) is 3.02. The number of rotatable bonds is 4. The molecule has 0 saturated carbocycles. The maximum absolute atomic E-state index is 12.0. The molecule has 1 aromatic carbocycles. The Kier molecular flexibility index (Phi) is 4.01. The van der Waals surface area contributed by atoms with Crippen molar-refractivity contribution in [1.29, 1.82) is 0 Å². The van der Waals surface area contributed by atoms with E-state index < -0.39 is 16.2 Å². The number of aliphatic hydroxyl groups is 1. The number of hydrogen-bond acceptors (Lipinski definition) is 5. The molecule has 100 valence electrons. The van der Waals surface area contributed by atoms with Crippen molar-refractivity contribution in [2.24, 2.45) is 0 Å². The molecule has 5 nitrogen and oxygen atoms in total. The predicted octanol–water partition coefficient (Wildman–Crippen LogP) is 0.423. The summed E-state index contributed by atoms with van der Waals surface area (Å²) in [5, 5.41) is 12.0. The molecular formula is C12H17NO4S. The molecule has 6 heteroatoms. The molecule has 0 radical (unpaired) electrons. The molecule has 1 aliphatic rings. The summed E-state index contributed by atoms with van der Waals surface area (Å²) < 4.78 is 29.1. The summed E-state index contributed by atoms with van der Waals surface area (Å²) in [6.45, 7) is 2.32. The lowest BCUT2D eigenvalue weighted by Crippen LogP contribution is -2.25. The third-order valence-corrected chi connectivity index (χ3v) is 4.35. The minimum atomic E-state index is -3.71. The molecule has 0 amide bonds. The summed E-state index contributed by atoms with van der Waals surface area (Å²) in [5.41, 5.74) is 0.997. The highest BCUT2D eigenvalue weighted by Gasteiger charge is 2.29. The van der Waals surface area contributed by atoms with Crippen molar-refractivity contribution in [3.05, 3.63) is 29.8 Å². The number of benzene rings is 1. The van der Waals surface area contributed by atoms with Crippen LogP contribution in [0.25, 0.3) is 0 Å².